The predicted octanol–water partition coefficient (Wildman–Crippen LogP) is 2.26. The van der Waals surface area contributed by atoms with Crippen molar-refractivity contribution in [2.75, 3.05) is 6.73 Å². The highest BCUT2D eigenvalue weighted by molar-refractivity contribution is 8.26. The molecule has 1 aliphatic heterocycles. The summed E-state index contributed by atoms with van der Waals surface area (Å²) in [6, 6.07) is 0. The van der Waals surface area contributed by atoms with Gasteiger partial charge in [0.05, 0.1) is 4.91 Å². The van der Waals surface area contributed by atoms with Crippen LogP contribution in [0.2, 0.25) is 0 Å². The average molecular weight is 257 g/mol. The number of carbonyl (C=O) groups is 1. The standard InChI is InChI=1S/C11H15NO2S2/c1-7-2-4-8(5-3-7)9-10(14)12(6-13)11(15)16-9/h7,13H,2-6H2,1H3. The van der Waals surface area contributed by atoms with Gasteiger partial charge in [0.2, 0.25) is 0 Å². The van der Waals surface area contributed by atoms with Gasteiger partial charge in [0.15, 0.2) is 0 Å². The summed E-state index contributed by atoms with van der Waals surface area (Å²) in [7, 11) is 0. The van der Waals surface area contributed by atoms with Gasteiger partial charge >= 0.3 is 0 Å². The summed E-state index contributed by atoms with van der Waals surface area (Å²) >= 11 is 6.40. The van der Waals surface area contributed by atoms with Crippen LogP contribution >= 0.6 is 24.0 Å². The Hall–Kier alpha value is -0.390. The monoisotopic (exact) mass is 257 g/mol. The molecule has 1 aliphatic carbocycles. The Labute approximate surface area is 105 Å². The summed E-state index contributed by atoms with van der Waals surface area (Å²) in [5, 5.41) is 9.05. The second-order valence-corrected chi connectivity index (χ2v) is 6.00. The Morgan fingerprint density at radius 2 is 2.12 bits per heavy atom. The molecule has 0 aromatic rings. The molecular formula is C11H15NO2S2. The van der Waals surface area contributed by atoms with E-state index in [4.69, 9.17) is 17.3 Å². The van der Waals surface area contributed by atoms with Crippen LogP contribution < -0.4 is 0 Å². The Kier molecular flexibility index (Phi) is 3.66. The van der Waals surface area contributed by atoms with Gasteiger partial charge in [0.25, 0.3) is 5.91 Å². The molecule has 1 saturated heterocycles. The molecule has 0 bridgehead atoms. The Balaban J connectivity index is 2.19. The summed E-state index contributed by atoms with van der Waals surface area (Å²) in [5.74, 6) is 0.647. The van der Waals surface area contributed by atoms with Crippen LogP contribution in [0.5, 0.6) is 0 Å². The number of hydrogen-bond donors (Lipinski definition) is 1. The van der Waals surface area contributed by atoms with E-state index in [-0.39, 0.29) is 12.6 Å². The molecule has 1 heterocycles. The molecule has 0 aromatic carbocycles. The van der Waals surface area contributed by atoms with Gasteiger partial charge in [0, 0.05) is 0 Å². The third kappa shape index (κ3) is 2.17. The van der Waals surface area contributed by atoms with Gasteiger partial charge in [-0.25, -0.2) is 0 Å². The molecule has 0 spiro atoms. The van der Waals surface area contributed by atoms with Gasteiger partial charge in [-0.1, -0.05) is 36.5 Å². The lowest BCUT2D eigenvalue weighted by Gasteiger charge is -2.21. The van der Waals surface area contributed by atoms with Crippen molar-refractivity contribution in [1.29, 1.82) is 0 Å². The Morgan fingerprint density at radius 1 is 1.50 bits per heavy atom. The zero-order valence-corrected chi connectivity index (χ0v) is 10.9. The number of allylic oxidation sites excluding steroid dienone is 1. The van der Waals surface area contributed by atoms with Crippen LogP contribution in [-0.4, -0.2) is 27.0 Å². The van der Waals surface area contributed by atoms with Crippen molar-refractivity contribution in [3.8, 4) is 0 Å². The summed E-state index contributed by atoms with van der Waals surface area (Å²) in [5.41, 5.74) is 1.23. The number of rotatable bonds is 1. The molecular weight excluding hydrogens is 242 g/mol. The molecule has 1 amide bonds. The minimum atomic E-state index is -0.308. The number of amides is 1. The van der Waals surface area contributed by atoms with Gasteiger partial charge in [-0.15, -0.1) is 0 Å². The zero-order chi connectivity index (χ0) is 11.7. The van der Waals surface area contributed by atoms with E-state index < -0.39 is 0 Å². The molecule has 16 heavy (non-hydrogen) atoms. The van der Waals surface area contributed by atoms with Gasteiger partial charge in [0.1, 0.15) is 11.1 Å². The normalized spacial score (nSPS) is 26.9. The van der Waals surface area contributed by atoms with E-state index in [0.29, 0.717) is 4.32 Å². The van der Waals surface area contributed by atoms with E-state index in [1.165, 1.54) is 22.2 Å². The van der Waals surface area contributed by atoms with Crippen molar-refractivity contribution < 1.29 is 9.90 Å². The average Bonchev–Trinajstić information content (AvgIpc) is 2.55. The molecule has 3 nitrogen and oxygen atoms in total. The van der Waals surface area contributed by atoms with E-state index >= 15 is 0 Å². The lowest BCUT2D eigenvalue weighted by atomic mass is 9.87. The first-order valence-corrected chi connectivity index (χ1v) is 6.72. The maximum absolute atomic E-state index is 11.9. The number of hydrogen-bond acceptors (Lipinski definition) is 4. The van der Waals surface area contributed by atoms with Crippen LogP contribution in [0, 0.1) is 5.92 Å². The van der Waals surface area contributed by atoms with Crippen molar-refractivity contribution >= 4 is 34.2 Å². The summed E-state index contributed by atoms with van der Waals surface area (Å²) in [6.45, 7) is 1.94. The summed E-state index contributed by atoms with van der Waals surface area (Å²) < 4.78 is 0.480. The lowest BCUT2D eigenvalue weighted by Crippen LogP contribution is -2.29. The summed E-state index contributed by atoms with van der Waals surface area (Å²) in [6.07, 6.45) is 4.30. The third-order valence-corrected chi connectivity index (χ3v) is 4.72. The third-order valence-electron chi connectivity index (χ3n) is 3.19. The lowest BCUT2D eigenvalue weighted by molar-refractivity contribution is -0.124. The smallest absolute Gasteiger partial charge is 0.268 e. The number of aliphatic hydroxyl groups excluding tert-OH is 1. The van der Waals surface area contributed by atoms with E-state index in [2.05, 4.69) is 6.92 Å². The molecule has 5 heteroatoms. The SMILES string of the molecule is CC1CCC(=C2SC(=S)N(CO)C2=O)CC1. The highest BCUT2D eigenvalue weighted by atomic mass is 32.2. The zero-order valence-electron chi connectivity index (χ0n) is 9.23. The van der Waals surface area contributed by atoms with Crippen molar-refractivity contribution in [2.24, 2.45) is 5.92 Å². The first-order chi connectivity index (χ1) is 7.63. The van der Waals surface area contributed by atoms with E-state index in [0.717, 1.165) is 36.5 Å². The highest BCUT2D eigenvalue weighted by Gasteiger charge is 2.34. The van der Waals surface area contributed by atoms with Crippen LogP contribution in [0.1, 0.15) is 32.6 Å². The topological polar surface area (TPSA) is 40.5 Å². The molecule has 2 aliphatic rings. The molecule has 1 saturated carbocycles. The number of nitrogens with zero attached hydrogens (tertiary/aromatic N) is 1. The first-order valence-electron chi connectivity index (χ1n) is 5.50. The van der Waals surface area contributed by atoms with E-state index in [9.17, 15) is 4.79 Å². The van der Waals surface area contributed by atoms with Crippen LogP contribution in [0.4, 0.5) is 0 Å². The molecule has 88 valence electrons. The fraction of sp³-hybridized carbons (Fsp3) is 0.636. The Bertz CT molecular complexity index is 355. The van der Waals surface area contributed by atoms with Crippen molar-refractivity contribution in [1.82, 2.24) is 4.90 Å². The second-order valence-electron chi connectivity index (χ2n) is 4.36. The van der Waals surface area contributed by atoms with Gasteiger partial charge < -0.3 is 5.11 Å². The maximum Gasteiger partial charge on any atom is 0.268 e. The molecule has 0 radical (unpaired) electrons. The molecule has 0 aromatic heterocycles. The minimum absolute atomic E-state index is 0.109. The number of thioether (sulfide) groups is 1. The van der Waals surface area contributed by atoms with E-state index in [1.807, 2.05) is 0 Å². The highest BCUT2D eigenvalue weighted by Crippen LogP contribution is 2.39. The fourth-order valence-corrected chi connectivity index (χ4v) is 3.44. The first kappa shape index (κ1) is 12.1. The van der Waals surface area contributed by atoms with Crippen LogP contribution in [0.3, 0.4) is 0 Å². The van der Waals surface area contributed by atoms with Gasteiger partial charge in [-0.05, 0) is 31.6 Å². The van der Waals surface area contributed by atoms with Crippen LogP contribution in [-0.2, 0) is 4.79 Å². The molecule has 0 unspecified atom stereocenters. The van der Waals surface area contributed by atoms with E-state index in [1.54, 1.807) is 0 Å². The molecule has 0 atom stereocenters. The maximum atomic E-state index is 11.9. The predicted molar refractivity (Wildman–Crippen MR) is 68.8 cm³/mol. The van der Waals surface area contributed by atoms with Crippen molar-refractivity contribution in [3.63, 3.8) is 0 Å². The minimum Gasteiger partial charge on any atom is -0.376 e. The van der Waals surface area contributed by atoms with Gasteiger partial charge in [-0.3, -0.25) is 9.69 Å². The largest absolute Gasteiger partial charge is 0.376 e. The molecule has 2 rings (SSSR count). The number of thiocarbonyl (C=S) groups is 1. The van der Waals surface area contributed by atoms with Crippen molar-refractivity contribution in [3.05, 3.63) is 10.5 Å². The van der Waals surface area contributed by atoms with Crippen LogP contribution in [0.15, 0.2) is 10.5 Å². The fourth-order valence-electron chi connectivity index (χ4n) is 2.07. The van der Waals surface area contributed by atoms with Crippen LogP contribution in [0.25, 0.3) is 0 Å². The quantitative estimate of drug-likeness (QED) is 0.578. The summed E-state index contributed by atoms with van der Waals surface area (Å²) in [4.78, 5) is 14.0. The van der Waals surface area contributed by atoms with Crippen molar-refractivity contribution in [2.45, 2.75) is 32.6 Å². The van der Waals surface area contributed by atoms with Gasteiger partial charge in [-0.2, -0.15) is 0 Å². The Morgan fingerprint density at radius 3 is 2.62 bits per heavy atom. The molecule has 1 N–H and O–H groups in total. The molecule has 2 fully saturated rings. The number of carbonyl (C=O) groups excluding carboxylic acids is 1. The number of aliphatic hydroxyl groups is 1. The second kappa shape index (κ2) is 4.85.